The molecule has 2 heterocycles. The molecule has 3 aromatic carbocycles. The largest absolute Gasteiger partial charge is 0.486 e. The Morgan fingerprint density at radius 2 is 1.91 bits per heavy atom. The molecule has 0 bridgehead atoms. The molecule has 0 aliphatic carbocycles. The van der Waals surface area contributed by atoms with Crippen LogP contribution in [0.5, 0.6) is 11.5 Å². The van der Waals surface area contributed by atoms with Gasteiger partial charge in [0, 0.05) is 24.0 Å². The Morgan fingerprint density at radius 3 is 2.75 bits per heavy atom. The van der Waals surface area contributed by atoms with Gasteiger partial charge in [-0.2, -0.15) is 4.37 Å². The third-order valence-corrected chi connectivity index (χ3v) is 6.46. The number of nitrogens with zero attached hydrogens (tertiary/aromatic N) is 1. The number of ether oxygens (including phenoxy) is 2. The van der Waals surface area contributed by atoms with Crippen molar-refractivity contribution in [3.63, 3.8) is 0 Å². The monoisotopic (exact) mass is 467 g/mol. The second kappa shape index (κ2) is 9.34. The molecule has 0 unspecified atom stereocenters. The van der Waals surface area contributed by atoms with Crippen molar-refractivity contribution in [3.05, 3.63) is 65.2 Å². The molecule has 5 rings (SSSR count). The number of aromatic nitrogens is 1. The normalized spacial score (nSPS) is 12.8. The Balaban J connectivity index is 1.42. The van der Waals surface area contributed by atoms with Crippen molar-refractivity contribution in [2.24, 2.45) is 0 Å². The third kappa shape index (κ3) is 4.25. The number of halogens is 1. The number of aliphatic hydroxyl groups excluding tert-OH is 1. The molecule has 4 aromatic rings. The van der Waals surface area contributed by atoms with Crippen LogP contribution in [0.4, 0.5) is 11.5 Å². The lowest BCUT2D eigenvalue weighted by Gasteiger charge is -2.19. The lowest BCUT2D eigenvalue weighted by molar-refractivity contribution is 0.171. The minimum atomic E-state index is 0.110. The van der Waals surface area contributed by atoms with Crippen molar-refractivity contribution in [1.82, 2.24) is 9.69 Å². The molecule has 6 nitrogen and oxygen atoms in total. The van der Waals surface area contributed by atoms with Gasteiger partial charge in [0.15, 0.2) is 17.3 Å². The lowest BCUT2D eigenvalue weighted by atomic mass is 10.0. The maximum atomic E-state index is 8.90. The van der Waals surface area contributed by atoms with Crippen molar-refractivity contribution >= 4 is 44.7 Å². The molecule has 0 spiro atoms. The molecule has 164 valence electrons. The molecule has 3 N–H and O–H groups in total. The van der Waals surface area contributed by atoms with E-state index in [9.17, 15) is 0 Å². The Bertz CT molecular complexity index is 1260. The van der Waals surface area contributed by atoms with E-state index < -0.39 is 0 Å². The molecular weight excluding hydrogens is 446 g/mol. The fourth-order valence-electron chi connectivity index (χ4n) is 3.70. The minimum absolute atomic E-state index is 0.110. The predicted molar refractivity (Wildman–Crippen MR) is 130 cm³/mol. The average Bonchev–Trinajstić information content (AvgIpc) is 3.23. The van der Waals surface area contributed by atoms with Crippen molar-refractivity contribution in [1.29, 1.82) is 0 Å². The van der Waals surface area contributed by atoms with Crippen LogP contribution in [0.2, 0.25) is 5.02 Å². The summed E-state index contributed by atoms with van der Waals surface area (Å²) in [6.07, 6.45) is 0. The van der Waals surface area contributed by atoms with Crippen molar-refractivity contribution < 1.29 is 14.6 Å². The van der Waals surface area contributed by atoms with Gasteiger partial charge in [-0.15, -0.1) is 0 Å². The molecule has 1 aliphatic rings. The standard InChI is InChI=1S/C24H22ClN3O3S/c25-19-12-15(14-26-8-9-29)4-6-20(19)27-24-18-3-1-2-17(23(18)32-28-24)16-5-7-21-22(13-16)31-11-10-30-21/h1-7,12-13,26,29H,8-11,14H2,(H,27,28). The summed E-state index contributed by atoms with van der Waals surface area (Å²) in [5.74, 6) is 2.33. The molecule has 0 fully saturated rings. The second-order valence-electron chi connectivity index (χ2n) is 7.41. The van der Waals surface area contributed by atoms with Gasteiger partial charge in [-0.25, -0.2) is 0 Å². The van der Waals surface area contributed by atoms with E-state index in [2.05, 4.69) is 33.2 Å². The van der Waals surface area contributed by atoms with Crippen molar-refractivity contribution in [3.8, 4) is 22.6 Å². The number of anilines is 2. The smallest absolute Gasteiger partial charge is 0.161 e. The van der Waals surface area contributed by atoms with Gasteiger partial charge in [0.1, 0.15) is 13.2 Å². The number of hydrogen-bond donors (Lipinski definition) is 3. The molecule has 0 atom stereocenters. The zero-order chi connectivity index (χ0) is 21.9. The lowest BCUT2D eigenvalue weighted by Crippen LogP contribution is -2.17. The Hall–Kier alpha value is -2.84. The summed E-state index contributed by atoms with van der Waals surface area (Å²) < 4.78 is 17.2. The first-order chi connectivity index (χ1) is 15.7. The summed E-state index contributed by atoms with van der Waals surface area (Å²) in [4.78, 5) is 0. The highest BCUT2D eigenvalue weighted by Gasteiger charge is 2.16. The maximum absolute atomic E-state index is 8.90. The van der Waals surface area contributed by atoms with Gasteiger partial charge in [-0.05, 0) is 53.0 Å². The Morgan fingerprint density at radius 1 is 1.03 bits per heavy atom. The number of nitrogens with one attached hydrogen (secondary N) is 2. The van der Waals surface area contributed by atoms with Crippen LogP contribution < -0.4 is 20.1 Å². The molecule has 32 heavy (non-hydrogen) atoms. The van der Waals surface area contributed by atoms with Crippen molar-refractivity contribution in [2.75, 3.05) is 31.7 Å². The van der Waals surface area contributed by atoms with E-state index >= 15 is 0 Å². The van der Waals surface area contributed by atoms with Crippen LogP contribution in [0.25, 0.3) is 21.2 Å². The minimum Gasteiger partial charge on any atom is -0.486 e. The number of fused-ring (bicyclic) bond motifs is 2. The summed E-state index contributed by atoms with van der Waals surface area (Å²) in [5, 5.41) is 17.1. The third-order valence-electron chi connectivity index (χ3n) is 5.26. The topological polar surface area (TPSA) is 75.6 Å². The van der Waals surface area contributed by atoms with Gasteiger partial charge >= 0.3 is 0 Å². The fraction of sp³-hybridized carbons (Fsp3) is 0.208. The van der Waals surface area contributed by atoms with Gasteiger partial charge < -0.3 is 25.2 Å². The van der Waals surface area contributed by atoms with E-state index in [1.165, 1.54) is 11.5 Å². The number of aliphatic hydroxyl groups is 1. The van der Waals surface area contributed by atoms with Crippen molar-refractivity contribution in [2.45, 2.75) is 6.54 Å². The van der Waals surface area contributed by atoms with Gasteiger partial charge in [-0.1, -0.05) is 35.9 Å². The first-order valence-electron chi connectivity index (χ1n) is 10.4. The van der Waals surface area contributed by atoms with Crippen LogP contribution >= 0.6 is 23.1 Å². The molecule has 0 saturated carbocycles. The molecular formula is C24H22ClN3O3S. The fourth-order valence-corrected chi connectivity index (χ4v) is 4.82. The number of hydrogen-bond acceptors (Lipinski definition) is 7. The highest BCUT2D eigenvalue weighted by molar-refractivity contribution is 7.14. The van der Waals surface area contributed by atoms with E-state index in [1.54, 1.807) is 0 Å². The summed E-state index contributed by atoms with van der Waals surface area (Å²) in [7, 11) is 0. The molecule has 8 heteroatoms. The highest BCUT2D eigenvalue weighted by Crippen LogP contribution is 2.40. The molecule has 1 aromatic heterocycles. The maximum Gasteiger partial charge on any atom is 0.161 e. The van der Waals surface area contributed by atoms with Crippen LogP contribution in [-0.4, -0.2) is 35.8 Å². The summed E-state index contributed by atoms with van der Waals surface area (Å²) in [6, 6.07) is 18.1. The zero-order valence-corrected chi connectivity index (χ0v) is 18.8. The van der Waals surface area contributed by atoms with E-state index in [0.717, 1.165) is 49.8 Å². The van der Waals surface area contributed by atoms with Crippen LogP contribution in [0.1, 0.15) is 5.56 Å². The van der Waals surface area contributed by atoms with Gasteiger partial charge in [0.25, 0.3) is 0 Å². The Labute approximate surface area is 194 Å². The first kappa shape index (κ1) is 21.0. The van der Waals surface area contributed by atoms with Gasteiger partial charge in [0.05, 0.1) is 22.0 Å². The summed E-state index contributed by atoms with van der Waals surface area (Å²) >= 11 is 7.97. The van der Waals surface area contributed by atoms with E-state index in [1.807, 2.05) is 36.4 Å². The van der Waals surface area contributed by atoms with Gasteiger partial charge in [-0.3, -0.25) is 0 Å². The van der Waals surface area contributed by atoms with Crippen LogP contribution in [0.15, 0.2) is 54.6 Å². The first-order valence-corrected chi connectivity index (χ1v) is 11.5. The number of benzene rings is 3. The molecule has 0 saturated heterocycles. The quantitative estimate of drug-likeness (QED) is 0.324. The van der Waals surface area contributed by atoms with E-state index in [-0.39, 0.29) is 6.61 Å². The van der Waals surface area contributed by atoms with Crippen LogP contribution in [0, 0.1) is 0 Å². The average molecular weight is 468 g/mol. The second-order valence-corrected chi connectivity index (χ2v) is 8.59. The predicted octanol–water partition coefficient (Wildman–Crippen LogP) is 5.21. The van der Waals surface area contributed by atoms with E-state index in [0.29, 0.717) is 31.3 Å². The summed E-state index contributed by atoms with van der Waals surface area (Å²) in [5.41, 5.74) is 4.02. The highest BCUT2D eigenvalue weighted by atomic mass is 35.5. The molecule has 1 aliphatic heterocycles. The van der Waals surface area contributed by atoms with E-state index in [4.69, 9.17) is 26.2 Å². The Kier molecular flexibility index (Phi) is 6.14. The summed E-state index contributed by atoms with van der Waals surface area (Å²) in [6.45, 7) is 2.45. The number of rotatable bonds is 7. The molecule has 0 amide bonds. The zero-order valence-electron chi connectivity index (χ0n) is 17.2. The SMILES string of the molecule is OCCNCc1ccc(Nc2nsc3c(-c4ccc5c(c4)OCCO5)cccc23)c(Cl)c1. The van der Waals surface area contributed by atoms with Crippen LogP contribution in [-0.2, 0) is 6.54 Å². The molecule has 0 radical (unpaired) electrons. The van der Waals surface area contributed by atoms with Gasteiger partial charge in [0.2, 0.25) is 0 Å². The van der Waals surface area contributed by atoms with Crippen LogP contribution in [0.3, 0.4) is 0 Å².